The van der Waals surface area contributed by atoms with E-state index in [1.165, 1.54) is 23.1 Å². The number of hydrogen-bond donors (Lipinski definition) is 0. The van der Waals surface area contributed by atoms with E-state index in [0.717, 1.165) is 22.2 Å². The third kappa shape index (κ3) is 3.40. The SMILES string of the molecule is O=C1N(Cc2ccc(Br)cc2)c2ccccc2S(=O)(=O)N1c1cc(F)ccc1F. The minimum Gasteiger partial charge on any atom is -0.287 e. The molecule has 4 rings (SSSR count). The zero-order chi connectivity index (χ0) is 20.8. The van der Waals surface area contributed by atoms with Crippen LogP contribution in [0.5, 0.6) is 0 Å². The van der Waals surface area contributed by atoms with Gasteiger partial charge < -0.3 is 0 Å². The molecular formula is C20H13BrF2N2O3S. The summed E-state index contributed by atoms with van der Waals surface area (Å²) in [5.41, 5.74) is 0.245. The average molecular weight is 479 g/mol. The fraction of sp³-hybridized carbons (Fsp3) is 0.0500. The molecule has 0 atom stereocenters. The van der Waals surface area contributed by atoms with Gasteiger partial charge in [0.25, 0.3) is 10.0 Å². The van der Waals surface area contributed by atoms with Gasteiger partial charge >= 0.3 is 6.03 Å². The highest BCUT2D eigenvalue weighted by atomic mass is 79.9. The molecule has 0 aliphatic carbocycles. The molecule has 0 bridgehead atoms. The Kier molecular flexibility index (Phi) is 4.87. The van der Waals surface area contributed by atoms with Crippen molar-refractivity contribution in [1.82, 2.24) is 0 Å². The van der Waals surface area contributed by atoms with Crippen molar-refractivity contribution in [2.24, 2.45) is 0 Å². The van der Waals surface area contributed by atoms with Crippen LogP contribution in [0.3, 0.4) is 0 Å². The molecule has 2 amide bonds. The Bertz CT molecular complexity index is 1220. The number of amides is 2. The summed E-state index contributed by atoms with van der Waals surface area (Å²) < 4.78 is 55.5. The molecule has 0 saturated heterocycles. The molecule has 0 N–H and O–H groups in total. The number of anilines is 2. The summed E-state index contributed by atoms with van der Waals surface area (Å²) in [5.74, 6) is -1.88. The smallest absolute Gasteiger partial charge is 0.287 e. The maximum absolute atomic E-state index is 14.4. The van der Waals surface area contributed by atoms with Gasteiger partial charge in [0.05, 0.1) is 12.2 Å². The van der Waals surface area contributed by atoms with Crippen LogP contribution in [0.2, 0.25) is 0 Å². The number of benzene rings is 3. The van der Waals surface area contributed by atoms with E-state index >= 15 is 0 Å². The first-order valence-electron chi connectivity index (χ1n) is 8.44. The monoisotopic (exact) mass is 478 g/mol. The van der Waals surface area contributed by atoms with Gasteiger partial charge in [-0.25, -0.2) is 22.0 Å². The van der Waals surface area contributed by atoms with Crippen LogP contribution in [-0.2, 0) is 16.6 Å². The second-order valence-corrected chi connectivity index (χ2v) is 9.00. The van der Waals surface area contributed by atoms with Gasteiger partial charge in [-0.3, -0.25) is 4.90 Å². The number of carbonyl (C=O) groups excluding carboxylic acids is 1. The Balaban J connectivity index is 1.89. The minimum atomic E-state index is -4.43. The van der Waals surface area contributed by atoms with Crippen LogP contribution in [0.25, 0.3) is 0 Å². The van der Waals surface area contributed by atoms with Crippen LogP contribution in [0.4, 0.5) is 25.0 Å². The van der Waals surface area contributed by atoms with E-state index in [0.29, 0.717) is 10.4 Å². The molecule has 0 fully saturated rings. The van der Waals surface area contributed by atoms with Gasteiger partial charge in [-0.1, -0.05) is 40.2 Å². The summed E-state index contributed by atoms with van der Waals surface area (Å²) in [6, 6.07) is 14.4. The van der Waals surface area contributed by atoms with Crippen molar-refractivity contribution in [2.45, 2.75) is 11.4 Å². The van der Waals surface area contributed by atoms with Crippen LogP contribution in [0.15, 0.2) is 76.1 Å². The maximum atomic E-state index is 14.4. The third-order valence-electron chi connectivity index (χ3n) is 4.46. The highest BCUT2D eigenvalue weighted by Crippen LogP contribution is 2.38. The number of hydrogen-bond acceptors (Lipinski definition) is 3. The van der Waals surface area contributed by atoms with Gasteiger partial charge in [0.1, 0.15) is 22.2 Å². The fourth-order valence-corrected chi connectivity index (χ4v) is 4.97. The summed E-state index contributed by atoms with van der Waals surface area (Å²) in [4.78, 5) is 14.3. The zero-order valence-electron chi connectivity index (χ0n) is 14.7. The van der Waals surface area contributed by atoms with E-state index < -0.39 is 33.4 Å². The Morgan fingerprint density at radius 3 is 2.31 bits per heavy atom. The second-order valence-electron chi connectivity index (χ2n) is 6.33. The van der Waals surface area contributed by atoms with Crippen molar-refractivity contribution < 1.29 is 22.0 Å². The van der Waals surface area contributed by atoms with Crippen molar-refractivity contribution in [3.8, 4) is 0 Å². The van der Waals surface area contributed by atoms with Crippen molar-refractivity contribution in [1.29, 1.82) is 0 Å². The van der Waals surface area contributed by atoms with E-state index in [4.69, 9.17) is 0 Å². The molecule has 0 spiro atoms. The first kappa shape index (κ1) is 19.5. The fourth-order valence-electron chi connectivity index (χ4n) is 3.11. The van der Waals surface area contributed by atoms with Gasteiger partial charge in [0, 0.05) is 10.5 Å². The van der Waals surface area contributed by atoms with Crippen LogP contribution in [0.1, 0.15) is 5.56 Å². The van der Waals surface area contributed by atoms with Gasteiger partial charge in [0.2, 0.25) is 0 Å². The summed E-state index contributed by atoms with van der Waals surface area (Å²) in [6.07, 6.45) is 0. The van der Waals surface area contributed by atoms with Crippen molar-refractivity contribution in [3.05, 3.63) is 88.4 Å². The van der Waals surface area contributed by atoms with Gasteiger partial charge in [0.15, 0.2) is 0 Å². The third-order valence-corrected chi connectivity index (χ3v) is 6.72. The molecule has 148 valence electrons. The molecule has 1 aliphatic rings. The van der Waals surface area contributed by atoms with Gasteiger partial charge in [-0.2, -0.15) is 4.31 Å². The van der Waals surface area contributed by atoms with Crippen LogP contribution in [0, 0.1) is 11.6 Å². The number of sulfonamides is 1. The summed E-state index contributed by atoms with van der Waals surface area (Å²) in [5, 5.41) is 0. The van der Waals surface area contributed by atoms with E-state index in [-0.39, 0.29) is 17.1 Å². The molecule has 0 radical (unpaired) electrons. The standard InChI is InChI=1S/C20H13BrF2N2O3S/c21-14-7-5-13(6-8-14)12-24-17-3-1-2-4-19(17)29(27,28)25(20(24)26)18-11-15(22)9-10-16(18)23/h1-11H,12H2. The Morgan fingerprint density at radius 1 is 0.897 bits per heavy atom. The molecule has 9 heteroatoms. The number of carbonyl (C=O) groups is 1. The Labute approximate surface area is 174 Å². The number of urea groups is 1. The van der Waals surface area contributed by atoms with E-state index in [9.17, 15) is 22.0 Å². The molecule has 29 heavy (non-hydrogen) atoms. The highest BCUT2D eigenvalue weighted by Gasteiger charge is 2.43. The highest BCUT2D eigenvalue weighted by molar-refractivity contribution is 9.10. The van der Waals surface area contributed by atoms with E-state index in [1.54, 1.807) is 30.3 Å². The number of rotatable bonds is 3. The molecule has 3 aromatic rings. The molecule has 3 aromatic carbocycles. The molecule has 1 heterocycles. The largest absolute Gasteiger partial charge is 0.343 e. The number of nitrogens with zero attached hydrogens (tertiary/aromatic N) is 2. The lowest BCUT2D eigenvalue weighted by Gasteiger charge is -2.36. The Hall–Kier alpha value is -2.78. The number of para-hydroxylation sites is 1. The van der Waals surface area contributed by atoms with Crippen molar-refractivity contribution in [3.63, 3.8) is 0 Å². The lowest BCUT2D eigenvalue weighted by atomic mass is 10.2. The average Bonchev–Trinajstić information content (AvgIpc) is 2.69. The van der Waals surface area contributed by atoms with E-state index in [1.807, 2.05) is 0 Å². The lowest BCUT2D eigenvalue weighted by Crippen LogP contribution is -2.51. The molecule has 0 saturated carbocycles. The molecular weight excluding hydrogens is 466 g/mol. The molecule has 5 nitrogen and oxygen atoms in total. The summed E-state index contributed by atoms with van der Waals surface area (Å²) in [7, 11) is -4.43. The van der Waals surface area contributed by atoms with Gasteiger partial charge in [-0.05, 0) is 42.0 Å². The lowest BCUT2D eigenvalue weighted by molar-refractivity contribution is 0.253. The molecule has 0 aromatic heterocycles. The number of halogens is 3. The predicted octanol–water partition coefficient (Wildman–Crippen LogP) is 5.06. The minimum absolute atomic E-state index is 0.0477. The van der Waals surface area contributed by atoms with Crippen molar-refractivity contribution in [2.75, 3.05) is 9.21 Å². The van der Waals surface area contributed by atoms with Crippen LogP contribution < -0.4 is 9.21 Å². The normalized spacial score (nSPS) is 15.3. The predicted molar refractivity (Wildman–Crippen MR) is 108 cm³/mol. The first-order valence-corrected chi connectivity index (χ1v) is 10.7. The summed E-state index contributed by atoms with van der Waals surface area (Å²) in [6.45, 7) is 0.0477. The molecule has 1 aliphatic heterocycles. The summed E-state index contributed by atoms with van der Waals surface area (Å²) >= 11 is 3.33. The first-order chi connectivity index (χ1) is 13.8. The van der Waals surface area contributed by atoms with Gasteiger partial charge in [-0.15, -0.1) is 0 Å². The Morgan fingerprint density at radius 2 is 1.59 bits per heavy atom. The van der Waals surface area contributed by atoms with Crippen LogP contribution in [-0.4, -0.2) is 14.4 Å². The van der Waals surface area contributed by atoms with E-state index in [2.05, 4.69) is 15.9 Å². The van der Waals surface area contributed by atoms with Crippen LogP contribution >= 0.6 is 15.9 Å². The topological polar surface area (TPSA) is 57.7 Å². The maximum Gasteiger partial charge on any atom is 0.343 e. The van der Waals surface area contributed by atoms with Crippen molar-refractivity contribution >= 4 is 43.4 Å². The second kappa shape index (κ2) is 7.23. The quantitative estimate of drug-likeness (QED) is 0.528. The number of fused-ring (bicyclic) bond motifs is 1. The zero-order valence-corrected chi connectivity index (χ0v) is 17.1. The molecule has 0 unspecified atom stereocenters.